The molecule has 1 fully saturated rings. The molecular weight excluding hydrogens is 569 g/mol. The van der Waals surface area contributed by atoms with Gasteiger partial charge in [0.1, 0.15) is 29.9 Å². The van der Waals surface area contributed by atoms with Crippen molar-refractivity contribution in [1.82, 2.24) is 18.9 Å². The number of β-lactam (4-membered cyclic amide) rings is 1. The van der Waals surface area contributed by atoms with E-state index in [9.17, 15) is 24.3 Å². The number of aliphatic carboxylic acids is 1. The summed E-state index contributed by atoms with van der Waals surface area (Å²) < 4.78 is 1.58. The maximum atomic E-state index is 12.9. The Hall–Kier alpha value is -2.08. The minimum Gasteiger partial charge on any atom is -0.477 e. The van der Waals surface area contributed by atoms with Gasteiger partial charge in [-0.25, -0.2) is 13.5 Å². The number of thioether (sulfide) groups is 2. The highest BCUT2D eigenvalue weighted by atomic mass is 32.2. The fraction of sp³-hybridized carbons (Fsp3) is 0.474. The molecule has 4 N–H and O–H groups in total. The van der Waals surface area contributed by atoms with E-state index in [0.29, 0.717) is 11.3 Å². The van der Waals surface area contributed by atoms with Crippen molar-refractivity contribution in [3.63, 3.8) is 0 Å². The van der Waals surface area contributed by atoms with Gasteiger partial charge in [0.2, 0.25) is 0 Å². The number of carbonyl (C=O) groups is 4. The lowest BCUT2D eigenvalue weighted by Crippen LogP contribution is -2.71. The van der Waals surface area contributed by atoms with Crippen molar-refractivity contribution in [2.45, 2.75) is 25.3 Å². The van der Waals surface area contributed by atoms with Gasteiger partial charge in [0.05, 0.1) is 0 Å². The number of nitrogens with two attached hydrogens (primary N) is 1. The van der Waals surface area contributed by atoms with Gasteiger partial charge in [-0.05, 0) is 29.5 Å². The van der Waals surface area contributed by atoms with Crippen molar-refractivity contribution < 1.29 is 29.1 Å². The van der Waals surface area contributed by atoms with Crippen LogP contribution < -0.4 is 11.1 Å². The van der Waals surface area contributed by atoms with Crippen LogP contribution in [-0.4, -0.2) is 89.0 Å². The van der Waals surface area contributed by atoms with Crippen molar-refractivity contribution in [3.05, 3.63) is 22.3 Å². The van der Waals surface area contributed by atoms with Crippen molar-refractivity contribution in [2.75, 3.05) is 35.9 Å². The SMILES string of the molecule is CCSN(SCC)C(=O)SCC1=C(C(=O)O)N2C(=O)[C@@H](NC(=O)C(=NOC)c3csc(N)n3)[C@@H]2SC1. The van der Waals surface area contributed by atoms with Gasteiger partial charge in [-0.2, -0.15) is 0 Å². The lowest BCUT2D eigenvalue weighted by atomic mass is 10.0. The number of carbonyl (C=O) groups excluding carboxylic acids is 3. The second-order valence-corrected chi connectivity index (χ2v) is 12.5. The second-order valence-electron chi connectivity index (χ2n) is 6.96. The molecule has 1 saturated heterocycles. The molecule has 2 aliphatic heterocycles. The predicted octanol–water partition coefficient (Wildman–Crippen LogP) is 2.31. The highest BCUT2D eigenvalue weighted by Gasteiger charge is 2.54. The first-order chi connectivity index (χ1) is 17.2. The molecule has 1 aromatic heterocycles. The zero-order valence-electron chi connectivity index (χ0n) is 19.5. The van der Waals surface area contributed by atoms with Crippen LogP contribution >= 0.6 is 58.8 Å². The lowest BCUT2D eigenvalue weighted by Gasteiger charge is -2.49. The molecule has 0 radical (unpaired) electrons. The van der Waals surface area contributed by atoms with Crippen molar-refractivity contribution >= 4 is 92.6 Å². The van der Waals surface area contributed by atoms with Crippen LogP contribution in [0.15, 0.2) is 21.8 Å². The van der Waals surface area contributed by atoms with E-state index in [0.717, 1.165) is 39.5 Å². The smallest absolute Gasteiger partial charge is 0.352 e. The van der Waals surface area contributed by atoms with Crippen molar-refractivity contribution in [3.8, 4) is 0 Å². The Morgan fingerprint density at radius 1 is 1.36 bits per heavy atom. The molecule has 0 unspecified atom stereocenters. The number of nitrogens with zero attached hydrogens (tertiary/aromatic N) is 4. The summed E-state index contributed by atoms with van der Waals surface area (Å²) in [5.74, 6) is -0.636. The number of thiazole rings is 1. The number of amides is 3. The Bertz CT molecular complexity index is 1090. The van der Waals surface area contributed by atoms with Crippen LogP contribution in [-0.2, 0) is 19.2 Å². The molecule has 2 atom stereocenters. The molecule has 3 amide bonds. The number of oxime groups is 1. The number of hydrogen-bond acceptors (Lipinski definition) is 13. The number of rotatable bonds is 11. The molecule has 1 aromatic rings. The van der Waals surface area contributed by atoms with Crippen LogP contribution in [0.2, 0.25) is 0 Å². The van der Waals surface area contributed by atoms with Gasteiger partial charge < -0.3 is 21.0 Å². The molecule has 0 bridgehead atoms. The number of anilines is 1. The third kappa shape index (κ3) is 6.24. The standard InChI is InChI=1S/C19H24N6O6S5/c1-4-35-25(36-5-2)19(30)34-7-9-6-32-16-12(15(27)24(16)13(9)17(28)29)22-14(26)11(23-31-3)10-8-33-18(20)21-10/h8,12,16H,4-7H2,1-3H3,(H2,20,21)(H,22,26)(H,28,29)/t12-,16+/m1/s1. The summed E-state index contributed by atoms with van der Waals surface area (Å²) >= 11 is 6.20. The first-order valence-electron chi connectivity index (χ1n) is 10.5. The van der Waals surface area contributed by atoms with E-state index in [1.165, 1.54) is 48.1 Å². The number of aromatic nitrogens is 1. The molecule has 0 saturated carbocycles. The lowest BCUT2D eigenvalue weighted by molar-refractivity contribution is -0.150. The van der Waals surface area contributed by atoms with Gasteiger partial charge in [0.15, 0.2) is 10.8 Å². The number of carboxylic acids is 1. The summed E-state index contributed by atoms with van der Waals surface area (Å²) in [6.45, 7) is 3.88. The molecular formula is C19H24N6O6S5. The molecule has 17 heteroatoms. The Balaban J connectivity index is 1.71. The third-order valence-electron chi connectivity index (χ3n) is 4.71. The second kappa shape index (κ2) is 12.9. The number of nitrogens with one attached hydrogen (secondary N) is 1. The number of carboxylic acid groups (broad SMARTS) is 1. The highest BCUT2D eigenvalue weighted by Crippen LogP contribution is 2.41. The molecule has 3 heterocycles. The molecule has 3 rings (SSSR count). The fourth-order valence-corrected chi connectivity index (χ4v) is 8.18. The summed E-state index contributed by atoms with van der Waals surface area (Å²) in [6.07, 6.45) is 0. The third-order valence-corrected chi connectivity index (χ3v) is 9.83. The van der Waals surface area contributed by atoms with Gasteiger partial charge >= 0.3 is 11.2 Å². The maximum absolute atomic E-state index is 12.9. The molecule has 0 aromatic carbocycles. The number of fused-ring (bicyclic) bond motifs is 1. The van der Waals surface area contributed by atoms with Gasteiger partial charge in [0, 0.05) is 28.4 Å². The summed E-state index contributed by atoms with van der Waals surface area (Å²) in [7, 11) is 1.27. The topological polar surface area (TPSA) is 168 Å². The summed E-state index contributed by atoms with van der Waals surface area (Å²) in [5, 5.41) is 17.1. The largest absolute Gasteiger partial charge is 0.477 e. The zero-order chi connectivity index (χ0) is 26.4. The molecule has 2 aliphatic rings. The maximum Gasteiger partial charge on any atom is 0.352 e. The first-order valence-corrected chi connectivity index (χ1v) is 15.3. The van der Waals surface area contributed by atoms with E-state index < -0.39 is 29.2 Å². The Morgan fingerprint density at radius 3 is 2.61 bits per heavy atom. The van der Waals surface area contributed by atoms with Crippen LogP contribution in [0.1, 0.15) is 19.5 Å². The van der Waals surface area contributed by atoms with E-state index in [-0.39, 0.29) is 33.2 Å². The van der Waals surface area contributed by atoms with Crippen LogP contribution in [0.4, 0.5) is 9.93 Å². The number of hydrogen-bond donors (Lipinski definition) is 3. The minimum atomic E-state index is -1.26. The van der Waals surface area contributed by atoms with E-state index in [2.05, 4.69) is 15.5 Å². The Labute approximate surface area is 228 Å². The average molecular weight is 593 g/mol. The van der Waals surface area contributed by atoms with Gasteiger partial charge in [-0.3, -0.25) is 19.3 Å². The summed E-state index contributed by atoms with van der Waals surface area (Å²) in [4.78, 5) is 60.4. The van der Waals surface area contributed by atoms with E-state index in [4.69, 9.17) is 10.6 Å². The van der Waals surface area contributed by atoms with Crippen LogP contribution in [0.5, 0.6) is 0 Å². The molecule has 12 nitrogen and oxygen atoms in total. The van der Waals surface area contributed by atoms with E-state index in [1.54, 1.807) is 3.71 Å². The zero-order valence-corrected chi connectivity index (χ0v) is 23.5. The molecule has 36 heavy (non-hydrogen) atoms. The molecule has 196 valence electrons. The molecule has 0 spiro atoms. The summed E-state index contributed by atoms with van der Waals surface area (Å²) in [5.41, 5.74) is 6.01. The first kappa shape index (κ1) is 28.5. The predicted molar refractivity (Wildman–Crippen MR) is 146 cm³/mol. The normalized spacial score (nSPS) is 19.5. The van der Waals surface area contributed by atoms with Crippen LogP contribution in [0, 0.1) is 0 Å². The van der Waals surface area contributed by atoms with Crippen LogP contribution in [0.3, 0.4) is 0 Å². The van der Waals surface area contributed by atoms with E-state index >= 15 is 0 Å². The Morgan fingerprint density at radius 2 is 2.06 bits per heavy atom. The Kier molecular flexibility index (Phi) is 10.2. The van der Waals surface area contributed by atoms with Gasteiger partial charge in [-0.1, -0.05) is 30.8 Å². The van der Waals surface area contributed by atoms with Crippen molar-refractivity contribution in [1.29, 1.82) is 0 Å². The quantitative estimate of drug-likeness (QED) is 0.149. The monoisotopic (exact) mass is 592 g/mol. The van der Waals surface area contributed by atoms with Gasteiger partial charge in [-0.15, -0.1) is 23.1 Å². The molecule has 0 aliphatic carbocycles. The van der Waals surface area contributed by atoms with Crippen molar-refractivity contribution in [2.24, 2.45) is 5.16 Å². The minimum absolute atomic E-state index is 0.141. The average Bonchev–Trinajstić information content (AvgIpc) is 3.28. The highest BCUT2D eigenvalue weighted by molar-refractivity contribution is 8.20. The number of nitrogen functional groups attached to an aromatic ring is 1. The van der Waals surface area contributed by atoms with Gasteiger partial charge in [0.25, 0.3) is 11.8 Å². The fourth-order valence-electron chi connectivity index (χ4n) is 3.27. The van der Waals surface area contributed by atoms with Crippen LogP contribution in [0.25, 0.3) is 0 Å². The summed E-state index contributed by atoms with van der Waals surface area (Å²) in [6, 6.07) is -0.955. The van der Waals surface area contributed by atoms with E-state index in [1.807, 2.05) is 13.8 Å².